The predicted octanol–water partition coefficient (Wildman–Crippen LogP) is 1.92. The van der Waals surface area contributed by atoms with Crippen LogP contribution >= 0.6 is 0 Å². The highest BCUT2D eigenvalue weighted by molar-refractivity contribution is 5.71. The second kappa shape index (κ2) is 2.70. The quantitative estimate of drug-likeness (QED) is 0.693. The average molecular weight is 160 g/mol. The largest absolute Gasteiger partial charge is 0.464 e. The fourth-order valence-electron chi connectivity index (χ4n) is 1.04. The lowest BCUT2D eigenvalue weighted by molar-refractivity contribution is 0.582. The van der Waals surface area contributed by atoms with E-state index in [0.717, 1.165) is 11.3 Å². The number of nitrogens with two attached hydrogens (primary N) is 1. The summed E-state index contributed by atoms with van der Waals surface area (Å²) < 4.78 is 5.18. The summed E-state index contributed by atoms with van der Waals surface area (Å²) in [5.41, 5.74) is 7.23. The maximum Gasteiger partial charge on any atom is 0.137 e. The second-order valence-electron chi connectivity index (χ2n) is 2.44. The van der Waals surface area contributed by atoms with Gasteiger partial charge in [-0.3, -0.25) is 4.98 Å². The average Bonchev–Trinajstić information content (AvgIpc) is 2.57. The van der Waals surface area contributed by atoms with Gasteiger partial charge in [-0.05, 0) is 18.2 Å². The van der Waals surface area contributed by atoms with Crippen LogP contribution in [0, 0.1) is 0 Å². The van der Waals surface area contributed by atoms with Gasteiger partial charge in [0.05, 0.1) is 11.8 Å². The van der Waals surface area contributed by atoms with E-state index >= 15 is 0 Å². The van der Waals surface area contributed by atoms with Crippen LogP contribution in [-0.4, -0.2) is 4.98 Å². The first-order valence-corrected chi connectivity index (χ1v) is 3.61. The van der Waals surface area contributed by atoms with E-state index in [1.54, 1.807) is 24.7 Å². The van der Waals surface area contributed by atoms with E-state index in [1.807, 2.05) is 12.1 Å². The minimum absolute atomic E-state index is 0.681. The molecule has 0 saturated heterocycles. The summed E-state index contributed by atoms with van der Waals surface area (Å²) in [7, 11) is 0. The van der Waals surface area contributed by atoms with Crippen LogP contribution in [0.15, 0.2) is 41.3 Å². The van der Waals surface area contributed by atoms with Gasteiger partial charge in [-0.25, -0.2) is 0 Å². The van der Waals surface area contributed by atoms with Gasteiger partial charge in [0.15, 0.2) is 0 Å². The molecule has 3 nitrogen and oxygen atoms in total. The van der Waals surface area contributed by atoms with Gasteiger partial charge in [0.2, 0.25) is 0 Å². The minimum atomic E-state index is 0.681. The van der Waals surface area contributed by atoms with E-state index in [9.17, 15) is 0 Å². The molecule has 0 bridgehead atoms. The molecule has 0 aliphatic rings. The van der Waals surface area contributed by atoms with E-state index in [2.05, 4.69) is 4.98 Å². The Labute approximate surface area is 69.8 Å². The first kappa shape index (κ1) is 6.91. The zero-order valence-corrected chi connectivity index (χ0v) is 6.40. The Morgan fingerprint density at radius 2 is 2.25 bits per heavy atom. The van der Waals surface area contributed by atoms with Crippen LogP contribution in [0.5, 0.6) is 0 Å². The van der Waals surface area contributed by atoms with Crippen molar-refractivity contribution in [3.63, 3.8) is 0 Å². The van der Waals surface area contributed by atoms with Gasteiger partial charge < -0.3 is 10.2 Å². The van der Waals surface area contributed by atoms with E-state index in [0.29, 0.717) is 5.69 Å². The minimum Gasteiger partial charge on any atom is -0.464 e. The number of nitrogen functional groups attached to an aromatic ring is 1. The van der Waals surface area contributed by atoms with E-state index in [1.165, 1.54) is 0 Å². The number of anilines is 1. The molecule has 0 aromatic carbocycles. The normalized spacial score (nSPS) is 10.0. The molecular weight excluding hydrogens is 152 g/mol. The number of hydrogen-bond acceptors (Lipinski definition) is 3. The molecule has 2 rings (SSSR count). The number of rotatable bonds is 1. The lowest BCUT2D eigenvalue weighted by Crippen LogP contribution is -1.88. The van der Waals surface area contributed by atoms with Crippen LogP contribution in [0.3, 0.4) is 0 Å². The summed E-state index contributed by atoms with van der Waals surface area (Å²) in [6.45, 7) is 0. The molecule has 0 radical (unpaired) electrons. The first-order chi connectivity index (χ1) is 5.88. The third-order valence-electron chi connectivity index (χ3n) is 1.64. The first-order valence-electron chi connectivity index (χ1n) is 3.61. The summed E-state index contributed by atoms with van der Waals surface area (Å²) in [6, 6.07) is 5.42. The van der Waals surface area contributed by atoms with E-state index in [4.69, 9.17) is 10.2 Å². The highest BCUT2D eigenvalue weighted by Crippen LogP contribution is 2.24. The van der Waals surface area contributed by atoms with Crippen molar-refractivity contribution in [3.8, 4) is 11.3 Å². The van der Waals surface area contributed by atoms with Crippen LogP contribution in [0.2, 0.25) is 0 Å². The number of aromatic nitrogens is 1. The van der Waals surface area contributed by atoms with Crippen molar-refractivity contribution in [2.45, 2.75) is 0 Å². The molecule has 2 heterocycles. The lowest BCUT2D eigenvalue weighted by Gasteiger charge is -1.98. The van der Waals surface area contributed by atoms with Crippen molar-refractivity contribution in [1.29, 1.82) is 0 Å². The highest BCUT2D eigenvalue weighted by Gasteiger charge is 2.03. The summed E-state index contributed by atoms with van der Waals surface area (Å²) >= 11 is 0. The van der Waals surface area contributed by atoms with Crippen molar-refractivity contribution in [3.05, 3.63) is 36.9 Å². The smallest absolute Gasteiger partial charge is 0.137 e. The SMILES string of the molecule is Nc1ccncc1-c1ccco1. The Bertz CT molecular complexity index is 368. The van der Waals surface area contributed by atoms with Gasteiger partial charge in [0.1, 0.15) is 5.76 Å². The molecule has 3 heteroatoms. The Morgan fingerprint density at radius 1 is 1.33 bits per heavy atom. The van der Waals surface area contributed by atoms with Crippen LogP contribution < -0.4 is 5.73 Å². The monoisotopic (exact) mass is 160 g/mol. The van der Waals surface area contributed by atoms with Crippen LogP contribution in [0.4, 0.5) is 5.69 Å². The van der Waals surface area contributed by atoms with Gasteiger partial charge in [-0.15, -0.1) is 0 Å². The number of nitrogens with zero attached hydrogens (tertiary/aromatic N) is 1. The zero-order chi connectivity index (χ0) is 8.39. The van der Waals surface area contributed by atoms with Crippen molar-refractivity contribution in [2.75, 3.05) is 5.73 Å². The Balaban J connectivity index is 2.55. The molecule has 12 heavy (non-hydrogen) atoms. The number of hydrogen-bond donors (Lipinski definition) is 1. The molecule has 0 aliphatic heterocycles. The summed E-state index contributed by atoms with van der Waals surface area (Å²) in [4.78, 5) is 3.96. The molecular formula is C9H8N2O. The summed E-state index contributed by atoms with van der Waals surface area (Å²) in [6.07, 6.45) is 4.96. The Hall–Kier alpha value is -1.77. The second-order valence-corrected chi connectivity index (χ2v) is 2.44. The van der Waals surface area contributed by atoms with Crippen LogP contribution in [-0.2, 0) is 0 Å². The van der Waals surface area contributed by atoms with E-state index in [-0.39, 0.29) is 0 Å². The molecule has 0 atom stereocenters. The lowest BCUT2D eigenvalue weighted by atomic mass is 10.2. The fraction of sp³-hybridized carbons (Fsp3) is 0. The number of furan rings is 1. The van der Waals surface area contributed by atoms with E-state index < -0.39 is 0 Å². The van der Waals surface area contributed by atoms with Crippen LogP contribution in [0.25, 0.3) is 11.3 Å². The molecule has 0 aliphatic carbocycles. The summed E-state index contributed by atoms with van der Waals surface area (Å²) in [5.74, 6) is 0.751. The Morgan fingerprint density at radius 3 is 2.92 bits per heavy atom. The molecule has 0 fully saturated rings. The zero-order valence-electron chi connectivity index (χ0n) is 6.40. The van der Waals surface area contributed by atoms with Gasteiger partial charge in [0, 0.05) is 18.1 Å². The fourth-order valence-corrected chi connectivity index (χ4v) is 1.04. The molecule has 0 saturated carbocycles. The molecule has 2 aromatic rings. The van der Waals surface area contributed by atoms with Crippen molar-refractivity contribution >= 4 is 5.69 Å². The third kappa shape index (κ3) is 1.05. The van der Waals surface area contributed by atoms with Crippen molar-refractivity contribution < 1.29 is 4.42 Å². The highest BCUT2D eigenvalue weighted by atomic mass is 16.3. The summed E-state index contributed by atoms with van der Waals surface area (Å²) in [5, 5.41) is 0. The van der Waals surface area contributed by atoms with Crippen LogP contribution in [0.1, 0.15) is 0 Å². The molecule has 2 aromatic heterocycles. The van der Waals surface area contributed by atoms with Gasteiger partial charge in [-0.1, -0.05) is 0 Å². The molecule has 2 N–H and O–H groups in total. The topological polar surface area (TPSA) is 52.0 Å². The standard InChI is InChI=1S/C9H8N2O/c10-8-3-4-11-6-7(8)9-2-1-5-12-9/h1-6H,(H2,10,11). The molecule has 60 valence electrons. The third-order valence-corrected chi connectivity index (χ3v) is 1.64. The predicted molar refractivity (Wildman–Crippen MR) is 46.4 cm³/mol. The Kier molecular flexibility index (Phi) is 1.55. The van der Waals surface area contributed by atoms with Gasteiger partial charge in [-0.2, -0.15) is 0 Å². The molecule has 0 amide bonds. The maximum absolute atomic E-state index is 5.71. The van der Waals surface area contributed by atoms with Crippen molar-refractivity contribution in [2.24, 2.45) is 0 Å². The van der Waals surface area contributed by atoms with Gasteiger partial charge in [0.25, 0.3) is 0 Å². The maximum atomic E-state index is 5.71. The van der Waals surface area contributed by atoms with Gasteiger partial charge >= 0.3 is 0 Å². The molecule has 0 unspecified atom stereocenters. The van der Waals surface area contributed by atoms with Crippen molar-refractivity contribution in [1.82, 2.24) is 4.98 Å². The number of pyridine rings is 1. The molecule has 0 spiro atoms.